The number of anilines is 2. The molecule has 0 heterocycles. The van der Waals surface area contributed by atoms with Crippen molar-refractivity contribution in [1.29, 1.82) is 0 Å². The number of rotatable bonds is 9. The fourth-order valence-corrected chi connectivity index (χ4v) is 2.60. The van der Waals surface area contributed by atoms with Gasteiger partial charge in [0.2, 0.25) is 5.91 Å². The molecule has 0 aliphatic heterocycles. The van der Waals surface area contributed by atoms with Crippen molar-refractivity contribution in [3.8, 4) is 0 Å². The van der Waals surface area contributed by atoms with Crippen LogP contribution in [0.1, 0.15) is 29.6 Å². The predicted molar refractivity (Wildman–Crippen MR) is 107 cm³/mol. The molecule has 0 bridgehead atoms. The van der Waals surface area contributed by atoms with Crippen molar-refractivity contribution in [3.63, 3.8) is 0 Å². The molecule has 148 valence electrons. The van der Waals surface area contributed by atoms with Crippen molar-refractivity contribution >= 4 is 28.9 Å². The summed E-state index contributed by atoms with van der Waals surface area (Å²) < 4.78 is 0. The van der Waals surface area contributed by atoms with Gasteiger partial charge in [-0.05, 0) is 50.1 Å². The quantitative estimate of drug-likeness (QED) is 0.224. The molecular formula is C19H23N5O4. The molecule has 6 N–H and O–H groups in total. The van der Waals surface area contributed by atoms with Crippen molar-refractivity contribution in [2.75, 3.05) is 17.6 Å². The number of nitro benzene ring substituents is 1. The van der Waals surface area contributed by atoms with E-state index in [1.807, 2.05) is 0 Å². The number of carbonyl (C=O) groups excluding carboxylic acids is 2. The first-order chi connectivity index (χ1) is 13.4. The minimum atomic E-state index is -0.797. The summed E-state index contributed by atoms with van der Waals surface area (Å²) in [5, 5.41) is 16.1. The third-order valence-electron chi connectivity index (χ3n) is 4.12. The van der Waals surface area contributed by atoms with Crippen LogP contribution in [-0.4, -0.2) is 29.3 Å². The second-order valence-corrected chi connectivity index (χ2v) is 6.19. The van der Waals surface area contributed by atoms with E-state index in [1.165, 1.54) is 24.3 Å². The minimum Gasteiger partial charge on any atom is -0.398 e. The maximum absolute atomic E-state index is 12.7. The van der Waals surface area contributed by atoms with E-state index < -0.39 is 22.8 Å². The van der Waals surface area contributed by atoms with Gasteiger partial charge in [0, 0.05) is 23.5 Å². The molecule has 0 unspecified atom stereocenters. The molecule has 2 aromatic carbocycles. The Labute approximate surface area is 162 Å². The highest BCUT2D eigenvalue weighted by Gasteiger charge is 2.22. The van der Waals surface area contributed by atoms with Gasteiger partial charge >= 0.3 is 0 Å². The minimum absolute atomic E-state index is 0.0784. The third kappa shape index (κ3) is 5.78. The van der Waals surface area contributed by atoms with Crippen LogP contribution in [0.4, 0.5) is 17.1 Å². The van der Waals surface area contributed by atoms with Gasteiger partial charge in [-0.25, -0.2) is 0 Å². The lowest BCUT2D eigenvalue weighted by Crippen LogP contribution is -2.44. The van der Waals surface area contributed by atoms with Crippen LogP contribution < -0.4 is 22.1 Å². The number of non-ortho nitro benzene ring substituents is 1. The van der Waals surface area contributed by atoms with Crippen LogP contribution >= 0.6 is 0 Å². The van der Waals surface area contributed by atoms with E-state index in [0.717, 1.165) is 0 Å². The molecule has 9 nitrogen and oxygen atoms in total. The van der Waals surface area contributed by atoms with E-state index >= 15 is 0 Å². The van der Waals surface area contributed by atoms with E-state index in [9.17, 15) is 19.7 Å². The smallest absolute Gasteiger partial charge is 0.269 e. The third-order valence-corrected chi connectivity index (χ3v) is 4.12. The van der Waals surface area contributed by atoms with Crippen molar-refractivity contribution in [1.82, 2.24) is 5.32 Å². The first-order valence-corrected chi connectivity index (χ1v) is 8.83. The molecule has 0 saturated heterocycles. The predicted octanol–water partition coefficient (Wildman–Crippen LogP) is 2.04. The molecular weight excluding hydrogens is 362 g/mol. The Kier molecular flexibility index (Phi) is 7.46. The number of amides is 2. The monoisotopic (exact) mass is 385 g/mol. The number of hydrogen-bond donors (Lipinski definition) is 4. The lowest BCUT2D eigenvalue weighted by molar-refractivity contribution is -0.384. The number of hydrogen-bond acceptors (Lipinski definition) is 6. The molecule has 2 rings (SSSR count). The molecule has 0 aromatic heterocycles. The Balaban J connectivity index is 2.10. The zero-order valence-electron chi connectivity index (χ0n) is 15.3. The molecule has 2 amide bonds. The van der Waals surface area contributed by atoms with Crippen LogP contribution in [0.15, 0.2) is 48.5 Å². The fraction of sp³-hybridized carbons (Fsp3) is 0.263. The summed E-state index contributed by atoms with van der Waals surface area (Å²) in [7, 11) is 0. The Morgan fingerprint density at radius 1 is 1.07 bits per heavy atom. The van der Waals surface area contributed by atoms with E-state index in [1.54, 1.807) is 24.3 Å². The normalized spacial score (nSPS) is 11.5. The van der Waals surface area contributed by atoms with Gasteiger partial charge in [0.25, 0.3) is 11.6 Å². The number of para-hydroxylation sites is 1. The van der Waals surface area contributed by atoms with Crippen LogP contribution in [0.5, 0.6) is 0 Å². The summed E-state index contributed by atoms with van der Waals surface area (Å²) in [6, 6.07) is 11.2. The van der Waals surface area contributed by atoms with Crippen molar-refractivity contribution in [3.05, 3.63) is 64.2 Å². The number of nitro groups is 1. The zero-order chi connectivity index (χ0) is 20.5. The second kappa shape index (κ2) is 10.0. The molecule has 9 heteroatoms. The molecule has 0 spiro atoms. The van der Waals surface area contributed by atoms with Gasteiger partial charge < -0.3 is 22.1 Å². The highest BCUT2D eigenvalue weighted by atomic mass is 16.6. The van der Waals surface area contributed by atoms with Gasteiger partial charge in [-0.3, -0.25) is 19.7 Å². The number of carbonyl (C=O) groups is 2. The Morgan fingerprint density at radius 3 is 2.36 bits per heavy atom. The second-order valence-electron chi connectivity index (χ2n) is 6.19. The van der Waals surface area contributed by atoms with E-state index in [4.69, 9.17) is 11.5 Å². The largest absolute Gasteiger partial charge is 0.398 e. The molecule has 0 saturated carbocycles. The van der Waals surface area contributed by atoms with Crippen LogP contribution in [0.3, 0.4) is 0 Å². The van der Waals surface area contributed by atoms with Gasteiger partial charge in [0.05, 0.1) is 10.5 Å². The first kappa shape index (κ1) is 20.8. The summed E-state index contributed by atoms with van der Waals surface area (Å²) >= 11 is 0. The summed E-state index contributed by atoms with van der Waals surface area (Å²) in [5.41, 5.74) is 12.3. The number of nitrogen functional groups attached to an aromatic ring is 1. The number of nitrogens with zero attached hydrogens (tertiary/aromatic N) is 1. The van der Waals surface area contributed by atoms with Gasteiger partial charge in [-0.2, -0.15) is 0 Å². The average Bonchev–Trinajstić information content (AvgIpc) is 2.68. The van der Waals surface area contributed by atoms with E-state index in [0.29, 0.717) is 37.2 Å². The topological polar surface area (TPSA) is 153 Å². The maximum Gasteiger partial charge on any atom is 0.269 e. The summed E-state index contributed by atoms with van der Waals surface area (Å²) in [6.45, 7) is 0.482. The van der Waals surface area contributed by atoms with Gasteiger partial charge in [0.1, 0.15) is 6.04 Å². The lowest BCUT2D eigenvalue weighted by Gasteiger charge is -2.19. The lowest BCUT2D eigenvalue weighted by atomic mass is 10.1. The zero-order valence-corrected chi connectivity index (χ0v) is 15.3. The Hall–Kier alpha value is -3.46. The van der Waals surface area contributed by atoms with E-state index in [-0.39, 0.29) is 11.3 Å². The molecule has 0 fully saturated rings. The van der Waals surface area contributed by atoms with E-state index in [2.05, 4.69) is 10.6 Å². The number of unbranched alkanes of at least 4 members (excludes halogenated alkanes) is 1. The van der Waals surface area contributed by atoms with Crippen molar-refractivity contribution in [2.24, 2.45) is 5.73 Å². The van der Waals surface area contributed by atoms with Crippen LogP contribution in [0, 0.1) is 10.1 Å². The number of nitrogens with two attached hydrogens (primary N) is 2. The van der Waals surface area contributed by atoms with Crippen LogP contribution in [0.2, 0.25) is 0 Å². The Morgan fingerprint density at radius 2 is 1.75 bits per heavy atom. The summed E-state index contributed by atoms with van der Waals surface area (Å²) in [4.78, 5) is 35.4. The molecule has 0 aliphatic rings. The molecule has 0 aliphatic carbocycles. The number of nitrogens with one attached hydrogen (secondary N) is 2. The SMILES string of the molecule is NCCCC[C@H](NC(=O)c1ccccc1N)C(=O)Nc1ccc([N+](=O)[O-])cc1. The highest BCUT2D eigenvalue weighted by molar-refractivity contribution is 6.03. The molecule has 2 aromatic rings. The van der Waals surface area contributed by atoms with Gasteiger partial charge in [-0.15, -0.1) is 0 Å². The van der Waals surface area contributed by atoms with Gasteiger partial charge in [-0.1, -0.05) is 12.1 Å². The van der Waals surface area contributed by atoms with Crippen LogP contribution in [0.25, 0.3) is 0 Å². The first-order valence-electron chi connectivity index (χ1n) is 8.83. The maximum atomic E-state index is 12.7. The fourth-order valence-electron chi connectivity index (χ4n) is 2.60. The van der Waals surface area contributed by atoms with Crippen molar-refractivity contribution < 1.29 is 14.5 Å². The highest BCUT2D eigenvalue weighted by Crippen LogP contribution is 2.17. The number of benzene rings is 2. The Bertz CT molecular complexity index is 838. The molecule has 0 radical (unpaired) electrons. The molecule has 1 atom stereocenters. The summed E-state index contributed by atoms with van der Waals surface area (Å²) in [6.07, 6.45) is 1.76. The summed E-state index contributed by atoms with van der Waals surface area (Å²) in [5.74, 6) is -0.872. The molecule has 28 heavy (non-hydrogen) atoms. The van der Waals surface area contributed by atoms with Gasteiger partial charge in [0.15, 0.2) is 0 Å². The standard InChI is InChI=1S/C19H23N5O4/c20-12-4-3-7-17(23-18(25)15-5-1-2-6-16(15)21)19(26)22-13-8-10-14(11-9-13)24(27)28/h1-2,5-6,8-11,17H,3-4,7,12,20-21H2,(H,22,26)(H,23,25)/t17-/m0/s1. The van der Waals surface area contributed by atoms with Crippen LogP contribution in [-0.2, 0) is 4.79 Å². The average molecular weight is 385 g/mol. The van der Waals surface area contributed by atoms with Crippen molar-refractivity contribution in [2.45, 2.75) is 25.3 Å².